The standard InChI is InChI=1S/C22H19N3O3/c1-13-3-5-14(6-4-13)23-24-15-7-9-16(10-8-15)25-20(26)18-17-11-12-22(2,28-17)19(18)21(25)27/h3-12,17-19H,1-2H3/t17-,18-,19+,22-/m1/s1. The molecular formula is C22H19N3O3. The van der Waals surface area contributed by atoms with Crippen LogP contribution in [-0.4, -0.2) is 23.5 Å². The van der Waals surface area contributed by atoms with Gasteiger partial charge in [0.15, 0.2) is 0 Å². The van der Waals surface area contributed by atoms with Crippen LogP contribution in [0.4, 0.5) is 17.1 Å². The molecule has 3 aliphatic rings. The van der Waals surface area contributed by atoms with E-state index in [-0.39, 0.29) is 17.9 Å². The Bertz CT molecular complexity index is 1030. The molecule has 3 heterocycles. The van der Waals surface area contributed by atoms with Crippen molar-refractivity contribution in [3.63, 3.8) is 0 Å². The number of carbonyl (C=O) groups excluding carboxylic acids is 2. The number of hydrogen-bond acceptors (Lipinski definition) is 5. The monoisotopic (exact) mass is 373 g/mol. The fourth-order valence-corrected chi connectivity index (χ4v) is 4.30. The molecule has 6 nitrogen and oxygen atoms in total. The van der Waals surface area contributed by atoms with Crippen molar-refractivity contribution < 1.29 is 14.3 Å². The molecule has 5 rings (SSSR count). The Labute approximate surface area is 162 Å². The number of fused-ring (bicyclic) bond motifs is 5. The molecule has 2 aromatic carbocycles. The normalized spacial score (nSPS) is 30.6. The summed E-state index contributed by atoms with van der Waals surface area (Å²) in [5.41, 5.74) is 2.46. The van der Waals surface area contributed by atoms with Gasteiger partial charge in [0.2, 0.25) is 11.8 Å². The van der Waals surface area contributed by atoms with Crippen LogP contribution < -0.4 is 4.90 Å². The fourth-order valence-electron chi connectivity index (χ4n) is 4.30. The molecule has 4 atom stereocenters. The van der Waals surface area contributed by atoms with Crippen LogP contribution in [0, 0.1) is 18.8 Å². The zero-order chi connectivity index (χ0) is 19.5. The van der Waals surface area contributed by atoms with E-state index in [9.17, 15) is 9.59 Å². The van der Waals surface area contributed by atoms with Gasteiger partial charge in [0.1, 0.15) is 0 Å². The Balaban J connectivity index is 1.37. The molecule has 2 fully saturated rings. The molecule has 2 bridgehead atoms. The van der Waals surface area contributed by atoms with Crippen LogP contribution in [0.25, 0.3) is 0 Å². The SMILES string of the molecule is Cc1ccc(N=Nc2ccc(N3C(=O)[C@H]4[C@@H](C3=O)[C@@]3(C)C=C[C@H]4O3)cc2)cc1. The highest BCUT2D eigenvalue weighted by Crippen LogP contribution is 2.52. The molecule has 140 valence electrons. The number of amides is 2. The second-order valence-corrected chi connectivity index (χ2v) is 7.69. The molecule has 0 aliphatic carbocycles. The minimum Gasteiger partial charge on any atom is -0.362 e. The quantitative estimate of drug-likeness (QED) is 0.459. The number of aryl methyl sites for hydroxylation is 1. The lowest BCUT2D eigenvalue weighted by molar-refractivity contribution is -0.126. The van der Waals surface area contributed by atoms with Crippen molar-refractivity contribution in [3.8, 4) is 0 Å². The summed E-state index contributed by atoms with van der Waals surface area (Å²) in [6.45, 7) is 3.89. The molecule has 2 saturated heterocycles. The summed E-state index contributed by atoms with van der Waals surface area (Å²) < 4.78 is 5.85. The van der Waals surface area contributed by atoms with E-state index in [1.807, 2.05) is 50.3 Å². The van der Waals surface area contributed by atoms with Gasteiger partial charge in [-0.1, -0.05) is 29.8 Å². The third kappa shape index (κ3) is 2.45. The number of anilines is 1. The van der Waals surface area contributed by atoms with Crippen molar-refractivity contribution in [1.29, 1.82) is 0 Å². The molecule has 0 aromatic heterocycles. The van der Waals surface area contributed by atoms with Gasteiger partial charge >= 0.3 is 0 Å². The molecule has 0 N–H and O–H groups in total. The highest BCUT2D eigenvalue weighted by Gasteiger charge is 2.65. The Morgan fingerprint density at radius 1 is 0.929 bits per heavy atom. The van der Waals surface area contributed by atoms with Gasteiger partial charge in [-0.3, -0.25) is 9.59 Å². The largest absolute Gasteiger partial charge is 0.362 e. The van der Waals surface area contributed by atoms with E-state index < -0.39 is 17.4 Å². The first-order valence-corrected chi connectivity index (χ1v) is 9.30. The number of carbonyl (C=O) groups is 2. The molecule has 2 amide bonds. The van der Waals surface area contributed by atoms with Gasteiger partial charge < -0.3 is 4.74 Å². The van der Waals surface area contributed by atoms with Gasteiger partial charge in [0.05, 0.1) is 40.6 Å². The summed E-state index contributed by atoms with van der Waals surface area (Å²) in [6, 6.07) is 14.7. The number of benzene rings is 2. The van der Waals surface area contributed by atoms with Gasteiger partial charge in [-0.2, -0.15) is 10.2 Å². The van der Waals surface area contributed by atoms with Crippen molar-refractivity contribution in [2.45, 2.75) is 25.6 Å². The van der Waals surface area contributed by atoms with E-state index in [1.165, 1.54) is 4.90 Å². The molecule has 6 heteroatoms. The van der Waals surface area contributed by atoms with Crippen LogP contribution in [0.15, 0.2) is 70.9 Å². The van der Waals surface area contributed by atoms with E-state index in [4.69, 9.17) is 4.74 Å². The first-order chi connectivity index (χ1) is 13.5. The molecular weight excluding hydrogens is 354 g/mol. The summed E-state index contributed by atoms with van der Waals surface area (Å²) >= 11 is 0. The first-order valence-electron chi connectivity index (χ1n) is 9.30. The maximum Gasteiger partial charge on any atom is 0.241 e. The smallest absolute Gasteiger partial charge is 0.241 e. The van der Waals surface area contributed by atoms with Crippen molar-refractivity contribution in [2.24, 2.45) is 22.1 Å². The minimum absolute atomic E-state index is 0.192. The molecule has 0 saturated carbocycles. The number of azo groups is 1. The first kappa shape index (κ1) is 17.0. The van der Waals surface area contributed by atoms with Crippen molar-refractivity contribution >= 4 is 28.9 Å². The van der Waals surface area contributed by atoms with Crippen LogP contribution in [0.5, 0.6) is 0 Å². The Morgan fingerprint density at radius 2 is 1.54 bits per heavy atom. The van der Waals surface area contributed by atoms with Gasteiger partial charge in [0.25, 0.3) is 0 Å². The maximum absolute atomic E-state index is 13.0. The Kier molecular flexibility index (Phi) is 3.61. The summed E-state index contributed by atoms with van der Waals surface area (Å²) in [5, 5.41) is 8.43. The highest BCUT2D eigenvalue weighted by molar-refractivity contribution is 6.23. The second-order valence-electron chi connectivity index (χ2n) is 7.69. The predicted molar refractivity (Wildman–Crippen MR) is 104 cm³/mol. The number of nitrogens with zero attached hydrogens (tertiary/aromatic N) is 3. The number of imide groups is 1. The number of ether oxygens (including phenoxy) is 1. The van der Waals surface area contributed by atoms with Gasteiger partial charge in [-0.25, -0.2) is 4.90 Å². The van der Waals surface area contributed by atoms with E-state index in [0.29, 0.717) is 11.4 Å². The van der Waals surface area contributed by atoms with E-state index in [2.05, 4.69) is 10.2 Å². The topological polar surface area (TPSA) is 71.3 Å². The molecule has 3 aliphatic heterocycles. The lowest BCUT2D eigenvalue weighted by Crippen LogP contribution is -2.38. The minimum atomic E-state index is -0.682. The maximum atomic E-state index is 13.0. The summed E-state index contributed by atoms with van der Waals surface area (Å²) in [4.78, 5) is 27.2. The fraction of sp³-hybridized carbons (Fsp3) is 0.273. The van der Waals surface area contributed by atoms with Crippen LogP contribution in [0.2, 0.25) is 0 Å². The molecule has 0 unspecified atom stereocenters. The zero-order valence-electron chi connectivity index (χ0n) is 15.6. The average Bonchev–Trinajstić information content (AvgIpc) is 3.30. The van der Waals surface area contributed by atoms with Crippen LogP contribution in [0.3, 0.4) is 0 Å². The van der Waals surface area contributed by atoms with Crippen LogP contribution >= 0.6 is 0 Å². The summed E-state index contributed by atoms with van der Waals surface area (Å²) in [7, 11) is 0. The Morgan fingerprint density at radius 3 is 2.14 bits per heavy atom. The van der Waals surface area contributed by atoms with Crippen molar-refractivity contribution in [3.05, 3.63) is 66.2 Å². The average molecular weight is 373 g/mol. The lowest BCUT2D eigenvalue weighted by atomic mass is 9.78. The zero-order valence-corrected chi connectivity index (χ0v) is 15.6. The Hall–Kier alpha value is -3.12. The van der Waals surface area contributed by atoms with Crippen LogP contribution in [-0.2, 0) is 14.3 Å². The summed E-state index contributed by atoms with van der Waals surface area (Å²) in [5.74, 6) is -1.26. The van der Waals surface area contributed by atoms with Gasteiger partial charge in [0, 0.05) is 0 Å². The number of rotatable bonds is 3. The van der Waals surface area contributed by atoms with Gasteiger partial charge in [-0.05, 0) is 50.2 Å². The van der Waals surface area contributed by atoms with E-state index in [0.717, 1.165) is 11.3 Å². The molecule has 0 spiro atoms. The van der Waals surface area contributed by atoms with E-state index in [1.54, 1.807) is 24.3 Å². The lowest BCUT2D eigenvalue weighted by Gasteiger charge is -2.24. The molecule has 0 radical (unpaired) electrons. The summed E-state index contributed by atoms with van der Waals surface area (Å²) in [6.07, 6.45) is 3.49. The van der Waals surface area contributed by atoms with Gasteiger partial charge in [-0.15, -0.1) is 0 Å². The highest BCUT2D eigenvalue weighted by atomic mass is 16.5. The van der Waals surface area contributed by atoms with E-state index >= 15 is 0 Å². The molecule has 2 aromatic rings. The van der Waals surface area contributed by atoms with Crippen molar-refractivity contribution in [1.82, 2.24) is 0 Å². The predicted octanol–water partition coefficient (Wildman–Crippen LogP) is 4.24. The third-order valence-corrected chi connectivity index (χ3v) is 5.75. The second kappa shape index (κ2) is 5.94. The van der Waals surface area contributed by atoms with Crippen molar-refractivity contribution in [2.75, 3.05) is 4.90 Å². The number of hydrogen-bond donors (Lipinski definition) is 0. The third-order valence-electron chi connectivity index (χ3n) is 5.75. The van der Waals surface area contributed by atoms with Crippen LogP contribution in [0.1, 0.15) is 12.5 Å². The molecule has 28 heavy (non-hydrogen) atoms.